The molecule has 33 heavy (non-hydrogen) atoms. The molecule has 6 rings (SSSR count). The molecule has 0 saturated heterocycles. The van der Waals surface area contributed by atoms with Crippen LogP contribution in [0.25, 0.3) is 33.2 Å². The first-order valence-electron chi connectivity index (χ1n) is 10.6. The van der Waals surface area contributed by atoms with Gasteiger partial charge in [-0.25, -0.2) is 15.0 Å². The van der Waals surface area contributed by atoms with Crippen LogP contribution < -0.4 is 20.1 Å². The van der Waals surface area contributed by atoms with Crippen molar-refractivity contribution in [1.29, 1.82) is 0 Å². The smallest absolute Gasteiger partial charge is 0.200 e. The lowest BCUT2D eigenvalue weighted by atomic mass is 10.0. The van der Waals surface area contributed by atoms with Crippen molar-refractivity contribution in [2.45, 2.75) is 6.54 Å². The summed E-state index contributed by atoms with van der Waals surface area (Å²) in [6.45, 7) is 1.91. The molecule has 0 spiro atoms. The van der Waals surface area contributed by atoms with Gasteiger partial charge >= 0.3 is 0 Å². The Morgan fingerprint density at radius 2 is 2.00 bits per heavy atom. The monoisotopic (exact) mass is 439 g/mol. The first-order valence-corrected chi connectivity index (χ1v) is 10.6. The zero-order valence-corrected chi connectivity index (χ0v) is 17.9. The summed E-state index contributed by atoms with van der Waals surface area (Å²) < 4.78 is 11.5. The first-order chi connectivity index (χ1) is 16.2. The Balaban J connectivity index is 1.39. The van der Waals surface area contributed by atoms with E-state index in [0.717, 1.165) is 50.4 Å². The van der Waals surface area contributed by atoms with Crippen LogP contribution in [0.2, 0.25) is 0 Å². The number of imidazole rings is 1. The van der Waals surface area contributed by atoms with Gasteiger partial charge in [0.25, 0.3) is 0 Å². The minimum absolute atomic E-state index is 0.356. The number of rotatable bonds is 3. The lowest BCUT2D eigenvalue weighted by molar-refractivity contribution is 0.331. The highest BCUT2D eigenvalue weighted by Gasteiger charge is 2.20. The number of fused-ring (bicyclic) bond motifs is 3. The molecular formula is C24H21N7O2. The Labute approximate surface area is 189 Å². The van der Waals surface area contributed by atoms with Gasteiger partial charge in [-0.2, -0.15) is 4.98 Å². The predicted octanol–water partition coefficient (Wildman–Crippen LogP) is 3.56. The minimum Gasteiger partial charge on any atom is -0.497 e. The van der Waals surface area contributed by atoms with E-state index >= 15 is 0 Å². The number of hydrogen-bond donors (Lipinski definition) is 2. The minimum atomic E-state index is 0.356. The van der Waals surface area contributed by atoms with Crippen molar-refractivity contribution in [3.8, 4) is 22.6 Å². The highest BCUT2D eigenvalue weighted by atomic mass is 16.5. The van der Waals surface area contributed by atoms with Crippen LogP contribution in [0.15, 0.2) is 55.0 Å². The number of methoxy groups -OCH3 is 1. The Morgan fingerprint density at radius 3 is 2.91 bits per heavy atom. The van der Waals surface area contributed by atoms with Crippen LogP contribution in [0.3, 0.4) is 0 Å². The van der Waals surface area contributed by atoms with Gasteiger partial charge in [-0.05, 0) is 42.0 Å². The zero-order valence-electron chi connectivity index (χ0n) is 17.9. The van der Waals surface area contributed by atoms with Crippen LogP contribution in [0.5, 0.6) is 11.5 Å². The van der Waals surface area contributed by atoms with Gasteiger partial charge in [0.1, 0.15) is 30.3 Å². The quantitative estimate of drug-likeness (QED) is 0.439. The Bertz CT molecular complexity index is 1500. The number of ether oxygens (including phenoxy) is 2. The van der Waals surface area contributed by atoms with Crippen molar-refractivity contribution in [3.05, 3.63) is 60.6 Å². The van der Waals surface area contributed by atoms with E-state index < -0.39 is 0 Å². The van der Waals surface area contributed by atoms with E-state index in [1.807, 2.05) is 42.6 Å². The van der Waals surface area contributed by atoms with Crippen molar-refractivity contribution in [2.75, 3.05) is 30.9 Å². The molecule has 0 bridgehead atoms. The number of anilines is 2. The summed E-state index contributed by atoms with van der Waals surface area (Å²) in [5, 5.41) is 0.947. The summed E-state index contributed by atoms with van der Waals surface area (Å²) in [4.78, 5) is 22.9. The lowest BCUT2D eigenvalue weighted by Gasteiger charge is -2.22. The van der Waals surface area contributed by atoms with Crippen LogP contribution in [-0.2, 0) is 6.54 Å². The molecule has 9 heteroatoms. The maximum Gasteiger partial charge on any atom is 0.200 e. The second-order valence-electron chi connectivity index (χ2n) is 7.89. The van der Waals surface area contributed by atoms with E-state index in [1.54, 1.807) is 13.4 Å². The first kappa shape index (κ1) is 19.3. The molecule has 0 unspecified atom stereocenters. The SMILES string of the molecule is COc1ccc2ncnc(N3CCOc4ccc(-c5cnc6nc(N)[nH]c6c5)cc4C3)c2c1. The number of H-pyrrole nitrogens is 1. The number of aromatic amines is 1. The maximum absolute atomic E-state index is 6.06. The van der Waals surface area contributed by atoms with Crippen molar-refractivity contribution in [2.24, 2.45) is 0 Å². The Kier molecular flexibility index (Phi) is 4.46. The molecule has 4 heterocycles. The summed E-state index contributed by atoms with van der Waals surface area (Å²) in [5.74, 6) is 2.86. The van der Waals surface area contributed by atoms with Crippen molar-refractivity contribution < 1.29 is 9.47 Å². The molecule has 9 nitrogen and oxygen atoms in total. The Hall–Kier alpha value is -4.40. The van der Waals surface area contributed by atoms with Crippen LogP contribution >= 0.6 is 0 Å². The predicted molar refractivity (Wildman–Crippen MR) is 126 cm³/mol. The van der Waals surface area contributed by atoms with Crippen LogP contribution in [0.4, 0.5) is 11.8 Å². The largest absolute Gasteiger partial charge is 0.497 e. The standard InChI is InChI=1S/C24H21N7O2/c1-32-17-3-4-19-18(10-17)23(28-13-27-19)31-6-7-33-21-5-2-14(8-16(21)12-31)15-9-20-22(26-11-15)30-24(25)29-20/h2-5,8-11,13H,6-7,12H2,1H3,(H3,25,26,29,30). The van der Waals surface area contributed by atoms with Crippen molar-refractivity contribution in [3.63, 3.8) is 0 Å². The highest BCUT2D eigenvalue weighted by molar-refractivity contribution is 5.90. The van der Waals surface area contributed by atoms with Gasteiger partial charge in [-0.3, -0.25) is 0 Å². The maximum atomic E-state index is 6.06. The molecule has 1 aliphatic heterocycles. The third-order valence-electron chi connectivity index (χ3n) is 5.85. The second kappa shape index (κ2) is 7.63. The number of hydrogen-bond acceptors (Lipinski definition) is 8. The molecule has 1 aliphatic rings. The fourth-order valence-electron chi connectivity index (χ4n) is 4.23. The van der Waals surface area contributed by atoms with Gasteiger partial charge in [0, 0.05) is 29.3 Å². The van der Waals surface area contributed by atoms with E-state index in [2.05, 4.69) is 35.9 Å². The summed E-state index contributed by atoms with van der Waals surface area (Å²) in [5.41, 5.74) is 11.1. The zero-order chi connectivity index (χ0) is 22.4. The summed E-state index contributed by atoms with van der Waals surface area (Å²) >= 11 is 0. The number of nitrogens with one attached hydrogen (secondary N) is 1. The summed E-state index contributed by atoms with van der Waals surface area (Å²) in [7, 11) is 1.66. The molecule has 3 N–H and O–H groups in total. The molecule has 0 atom stereocenters. The average Bonchev–Trinajstić information content (AvgIpc) is 3.09. The van der Waals surface area contributed by atoms with Crippen molar-refractivity contribution >= 4 is 33.8 Å². The van der Waals surface area contributed by atoms with E-state index in [1.165, 1.54) is 0 Å². The molecule has 164 valence electrons. The highest BCUT2D eigenvalue weighted by Crippen LogP contribution is 2.33. The molecule has 2 aromatic carbocycles. The Morgan fingerprint density at radius 1 is 1.06 bits per heavy atom. The van der Waals surface area contributed by atoms with Gasteiger partial charge in [0.2, 0.25) is 0 Å². The molecular weight excluding hydrogens is 418 g/mol. The van der Waals surface area contributed by atoms with E-state index in [4.69, 9.17) is 15.2 Å². The molecule has 5 aromatic rings. The second-order valence-corrected chi connectivity index (χ2v) is 7.89. The molecule has 3 aromatic heterocycles. The molecule has 0 radical (unpaired) electrons. The molecule has 0 aliphatic carbocycles. The third kappa shape index (κ3) is 3.43. The molecule has 0 amide bonds. The van der Waals surface area contributed by atoms with E-state index in [9.17, 15) is 0 Å². The van der Waals surface area contributed by atoms with E-state index in [-0.39, 0.29) is 0 Å². The van der Waals surface area contributed by atoms with E-state index in [0.29, 0.717) is 31.3 Å². The van der Waals surface area contributed by atoms with Crippen LogP contribution in [0, 0.1) is 0 Å². The average molecular weight is 439 g/mol. The van der Waals surface area contributed by atoms with Gasteiger partial charge < -0.3 is 25.1 Å². The van der Waals surface area contributed by atoms with Crippen molar-refractivity contribution in [1.82, 2.24) is 24.9 Å². The fourth-order valence-corrected chi connectivity index (χ4v) is 4.23. The normalized spacial score (nSPS) is 13.5. The molecule has 0 saturated carbocycles. The van der Waals surface area contributed by atoms with Crippen LogP contribution in [0.1, 0.15) is 5.56 Å². The third-order valence-corrected chi connectivity index (χ3v) is 5.85. The van der Waals surface area contributed by atoms with Crippen LogP contribution in [-0.4, -0.2) is 45.2 Å². The number of nitrogens with two attached hydrogens (primary N) is 1. The number of nitrogens with zero attached hydrogens (tertiary/aromatic N) is 5. The number of benzene rings is 2. The molecule has 0 fully saturated rings. The topological polar surface area (TPSA) is 115 Å². The number of aromatic nitrogens is 5. The van der Waals surface area contributed by atoms with Gasteiger partial charge in [0.05, 0.1) is 24.7 Å². The van der Waals surface area contributed by atoms with Gasteiger partial charge in [-0.15, -0.1) is 0 Å². The number of nitrogen functional groups attached to an aromatic ring is 1. The number of pyridine rings is 1. The lowest BCUT2D eigenvalue weighted by Crippen LogP contribution is -2.26. The summed E-state index contributed by atoms with van der Waals surface area (Å²) in [6, 6.07) is 14.0. The van der Waals surface area contributed by atoms with Gasteiger partial charge in [0.15, 0.2) is 11.6 Å². The summed E-state index contributed by atoms with van der Waals surface area (Å²) in [6.07, 6.45) is 3.41. The fraction of sp³-hybridized carbons (Fsp3) is 0.167. The van der Waals surface area contributed by atoms with Gasteiger partial charge in [-0.1, -0.05) is 6.07 Å².